The van der Waals surface area contributed by atoms with Crippen LogP contribution in [-0.4, -0.2) is 51.4 Å². The molecule has 6 nitrogen and oxygen atoms in total. The molecular weight excluding hydrogens is 244 g/mol. The molecule has 0 spiro atoms. The van der Waals surface area contributed by atoms with Gasteiger partial charge in [-0.2, -0.15) is 0 Å². The summed E-state index contributed by atoms with van der Waals surface area (Å²) in [7, 11) is 6.70. The van der Waals surface area contributed by atoms with Crippen LogP contribution >= 0.6 is 0 Å². The van der Waals surface area contributed by atoms with Crippen molar-refractivity contribution >= 4 is 23.2 Å². The minimum Gasteiger partial charge on any atom is -0.397 e. The zero-order valence-electron chi connectivity index (χ0n) is 11.7. The van der Waals surface area contributed by atoms with Crippen molar-refractivity contribution < 1.29 is 9.59 Å². The Labute approximate surface area is 113 Å². The first-order valence-corrected chi connectivity index (χ1v) is 5.89. The average Bonchev–Trinajstić information content (AvgIpc) is 2.37. The van der Waals surface area contributed by atoms with Crippen molar-refractivity contribution in [2.45, 2.75) is 0 Å². The molecule has 19 heavy (non-hydrogen) atoms. The molecule has 0 atom stereocenters. The molecule has 6 heteroatoms. The zero-order valence-corrected chi connectivity index (χ0v) is 11.7. The van der Waals surface area contributed by atoms with Crippen LogP contribution in [0.15, 0.2) is 18.2 Å². The maximum absolute atomic E-state index is 11.9. The van der Waals surface area contributed by atoms with E-state index in [9.17, 15) is 9.59 Å². The highest BCUT2D eigenvalue weighted by molar-refractivity contribution is 5.96. The van der Waals surface area contributed by atoms with Crippen LogP contribution in [0.5, 0.6) is 0 Å². The Hall–Kier alpha value is -2.24. The summed E-state index contributed by atoms with van der Waals surface area (Å²) in [6.07, 6.45) is 0. The van der Waals surface area contributed by atoms with E-state index in [1.165, 1.54) is 4.90 Å². The topological polar surface area (TPSA) is 78.7 Å². The fourth-order valence-electron chi connectivity index (χ4n) is 1.65. The van der Waals surface area contributed by atoms with E-state index < -0.39 is 0 Å². The number of carbonyl (C=O) groups excluding carboxylic acids is 2. The standard InChI is InChI=1S/C13H20N4O2/c1-15-12(18)8-17(4)11-7-9(5-6-10(11)14)13(19)16(2)3/h5-7H,8,14H2,1-4H3,(H,15,18). The Kier molecular flexibility index (Phi) is 4.74. The molecule has 1 rings (SSSR count). The van der Waals surface area contributed by atoms with Crippen LogP contribution in [0.1, 0.15) is 10.4 Å². The molecule has 0 unspecified atom stereocenters. The van der Waals surface area contributed by atoms with Gasteiger partial charge in [0, 0.05) is 33.8 Å². The van der Waals surface area contributed by atoms with Gasteiger partial charge in [-0.3, -0.25) is 9.59 Å². The number of rotatable bonds is 4. The van der Waals surface area contributed by atoms with Crippen LogP contribution in [0.25, 0.3) is 0 Å². The van der Waals surface area contributed by atoms with E-state index in [0.29, 0.717) is 16.9 Å². The second kappa shape index (κ2) is 6.08. The number of amides is 2. The predicted octanol–water partition coefficient (Wildman–Crippen LogP) is 0.153. The molecule has 0 heterocycles. The summed E-state index contributed by atoms with van der Waals surface area (Å²) in [5, 5.41) is 2.54. The predicted molar refractivity (Wildman–Crippen MR) is 76.2 cm³/mol. The van der Waals surface area contributed by atoms with Gasteiger partial charge in [0.15, 0.2) is 0 Å². The Morgan fingerprint density at radius 2 is 1.89 bits per heavy atom. The molecular formula is C13H20N4O2. The van der Waals surface area contributed by atoms with Crippen molar-refractivity contribution in [1.82, 2.24) is 10.2 Å². The van der Waals surface area contributed by atoms with Gasteiger partial charge in [-0.05, 0) is 18.2 Å². The van der Waals surface area contributed by atoms with E-state index in [2.05, 4.69) is 5.32 Å². The first kappa shape index (κ1) is 14.8. The first-order valence-electron chi connectivity index (χ1n) is 5.89. The number of hydrogen-bond donors (Lipinski definition) is 2. The van der Waals surface area contributed by atoms with Crippen LogP contribution in [0.3, 0.4) is 0 Å². The van der Waals surface area contributed by atoms with Crippen LogP contribution in [-0.2, 0) is 4.79 Å². The molecule has 3 N–H and O–H groups in total. The summed E-state index contributed by atoms with van der Waals surface area (Å²) in [4.78, 5) is 26.5. The van der Waals surface area contributed by atoms with Crippen molar-refractivity contribution in [2.24, 2.45) is 0 Å². The van der Waals surface area contributed by atoms with Crippen molar-refractivity contribution in [2.75, 3.05) is 45.4 Å². The molecule has 0 aliphatic rings. The molecule has 104 valence electrons. The van der Waals surface area contributed by atoms with E-state index in [0.717, 1.165) is 0 Å². The number of nitrogens with zero attached hydrogens (tertiary/aromatic N) is 2. The molecule has 0 radical (unpaired) electrons. The summed E-state index contributed by atoms with van der Waals surface area (Å²) < 4.78 is 0. The van der Waals surface area contributed by atoms with Gasteiger partial charge in [0.25, 0.3) is 5.91 Å². The van der Waals surface area contributed by atoms with Crippen LogP contribution < -0.4 is 16.0 Å². The van der Waals surface area contributed by atoms with Crippen LogP contribution in [0.4, 0.5) is 11.4 Å². The maximum Gasteiger partial charge on any atom is 0.253 e. The third kappa shape index (κ3) is 3.61. The number of nitrogen functional groups attached to an aromatic ring is 1. The van der Waals surface area contributed by atoms with Crippen LogP contribution in [0.2, 0.25) is 0 Å². The highest BCUT2D eigenvalue weighted by Gasteiger charge is 2.14. The molecule has 0 bridgehead atoms. The van der Waals surface area contributed by atoms with E-state index in [-0.39, 0.29) is 18.4 Å². The number of carbonyl (C=O) groups is 2. The fraction of sp³-hybridized carbons (Fsp3) is 0.385. The van der Waals surface area contributed by atoms with Gasteiger partial charge in [-0.1, -0.05) is 0 Å². The molecule has 0 aliphatic heterocycles. The minimum absolute atomic E-state index is 0.102. The third-order valence-electron chi connectivity index (χ3n) is 2.75. The largest absolute Gasteiger partial charge is 0.397 e. The monoisotopic (exact) mass is 264 g/mol. The van der Waals surface area contributed by atoms with Gasteiger partial charge in [0.1, 0.15) is 0 Å². The van der Waals surface area contributed by atoms with Crippen LogP contribution in [0, 0.1) is 0 Å². The van der Waals surface area contributed by atoms with Gasteiger partial charge in [-0.15, -0.1) is 0 Å². The lowest BCUT2D eigenvalue weighted by Gasteiger charge is -2.21. The minimum atomic E-state index is -0.119. The first-order chi connectivity index (χ1) is 8.86. The summed E-state index contributed by atoms with van der Waals surface area (Å²) in [5.41, 5.74) is 7.62. The van der Waals surface area contributed by atoms with E-state index in [1.54, 1.807) is 51.3 Å². The lowest BCUT2D eigenvalue weighted by molar-refractivity contribution is -0.119. The molecule has 1 aromatic rings. The van der Waals surface area contributed by atoms with Gasteiger partial charge in [-0.25, -0.2) is 0 Å². The maximum atomic E-state index is 11.9. The number of nitrogens with one attached hydrogen (secondary N) is 1. The third-order valence-corrected chi connectivity index (χ3v) is 2.75. The van der Waals surface area contributed by atoms with E-state index in [1.807, 2.05) is 0 Å². The Morgan fingerprint density at radius 3 is 2.42 bits per heavy atom. The van der Waals surface area contributed by atoms with Gasteiger partial charge >= 0.3 is 0 Å². The normalized spacial score (nSPS) is 9.89. The van der Waals surface area contributed by atoms with Crippen molar-refractivity contribution in [3.8, 4) is 0 Å². The second-order valence-corrected chi connectivity index (χ2v) is 4.50. The van der Waals surface area contributed by atoms with E-state index >= 15 is 0 Å². The number of likely N-dealkylation sites (N-methyl/N-ethyl adjacent to an activating group) is 2. The SMILES string of the molecule is CNC(=O)CN(C)c1cc(C(=O)N(C)C)ccc1N. The Balaban J connectivity index is 3.03. The molecule has 0 saturated heterocycles. The smallest absolute Gasteiger partial charge is 0.253 e. The van der Waals surface area contributed by atoms with Crippen molar-refractivity contribution in [3.63, 3.8) is 0 Å². The van der Waals surface area contributed by atoms with Crippen molar-refractivity contribution in [1.29, 1.82) is 0 Å². The highest BCUT2D eigenvalue weighted by Crippen LogP contribution is 2.23. The summed E-state index contributed by atoms with van der Waals surface area (Å²) in [6.45, 7) is 0.181. The lowest BCUT2D eigenvalue weighted by Crippen LogP contribution is -2.33. The quantitative estimate of drug-likeness (QED) is 0.759. The zero-order chi connectivity index (χ0) is 14.6. The number of nitrogens with two attached hydrogens (primary N) is 1. The Bertz CT molecular complexity index is 486. The van der Waals surface area contributed by atoms with Gasteiger partial charge < -0.3 is 20.9 Å². The number of benzene rings is 1. The highest BCUT2D eigenvalue weighted by atomic mass is 16.2. The molecule has 0 fully saturated rings. The van der Waals surface area contributed by atoms with Crippen molar-refractivity contribution in [3.05, 3.63) is 23.8 Å². The summed E-state index contributed by atoms with van der Waals surface area (Å²) in [5.74, 6) is -0.221. The van der Waals surface area contributed by atoms with Gasteiger partial charge in [0.2, 0.25) is 5.91 Å². The average molecular weight is 264 g/mol. The summed E-state index contributed by atoms with van der Waals surface area (Å²) in [6, 6.07) is 5.04. The number of hydrogen-bond acceptors (Lipinski definition) is 4. The fourth-order valence-corrected chi connectivity index (χ4v) is 1.65. The lowest BCUT2D eigenvalue weighted by atomic mass is 10.1. The molecule has 2 amide bonds. The second-order valence-electron chi connectivity index (χ2n) is 4.50. The van der Waals surface area contributed by atoms with E-state index in [4.69, 9.17) is 5.73 Å². The molecule has 1 aromatic carbocycles. The number of anilines is 2. The van der Waals surface area contributed by atoms with Gasteiger partial charge in [0.05, 0.1) is 17.9 Å². The summed E-state index contributed by atoms with van der Waals surface area (Å²) >= 11 is 0. The molecule has 0 aliphatic carbocycles. The molecule has 0 saturated carbocycles. The Morgan fingerprint density at radius 1 is 1.26 bits per heavy atom. The molecule has 0 aromatic heterocycles.